The number of nitrogens with zero attached hydrogens (tertiary/aromatic N) is 1. The second-order valence-corrected chi connectivity index (χ2v) is 5.24. The Labute approximate surface area is 113 Å². The molecule has 1 saturated heterocycles. The van der Waals surface area contributed by atoms with E-state index in [4.69, 9.17) is 11.6 Å². The molecule has 0 aromatic heterocycles. The minimum atomic E-state index is -0.288. The summed E-state index contributed by atoms with van der Waals surface area (Å²) in [4.78, 5) is 2.47. The highest BCUT2D eigenvalue weighted by Gasteiger charge is 2.16. The Morgan fingerprint density at radius 2 is 2.22 bits per heavy atom. The molecule has 2 nitrogen and oxygen atoms in total. The standard InChI is InChI=1S/C14H20ClFN2/c1-2-18-8-3-4-12(7-9-18)17-14-6-5-11(16)10-13(14)15/h5-6,10,12,17H,2-4,7-9H2,1H3. The van der Waals surface area contributed by atoms with E-state index in [1.807, 2.05) is 0 Å². The maximum atomic E-state index is 13.0. The summed E-state index contributed by atoms with van der Waals surface area (Å²) in [6.45, 7) is 5.60. The molecule has 2 rings (SSSR count). The molecule has 1 atom stereocenters. The van der Waals surface area contributed by atoms with Gasteiger partial charge >= 0.3 is 0 Å². The van der Waals surface area contributed by atoms with Gasteiger partial charge in [0.1, 0.15) is 5.82 Å². The lowest BCUT2D eigenvalue weighted by atomic mass is 10.1. The van der Waals surface area contributed by atoms with Gasteiger partial charge in [0.05, 0.1) is 10.7 Å². The SMILES string of the molecule is CCN1CCCC(Nc2ccc(F)cc2Cl)CC1. The maximum absolute atomic E-state index is 13.0. The first kappa shape index (κ1) is 13.6. The van der Waals surface area contributed by atoms with Gasteiger partial charge in [0.15, 0.2) is 0 Å². The molecule has 1 aliphatic heterocycles. The van der Waals surface area contributed by atoms with E-state index in [2.05, 4.69) is 17.1 Å². The summed E-state index contributed by atoms with van der Waals surface area (Å²) >= 11 is 6.03. The Hall–Kier alpha value is -0.800. The predicted octanol–water partition coefficient (Wildman–Crippen LogP) is 3.77. The summed E-state index contributed by atoms with van der Waals surface area (Å²) in [7, 11) is 0. The average Bonchev–Trinajstić information content (AvgIpc) is 2.58. The highest BCUT2D eigenvalue weighted by Crippen LogP contribution is 2.25. The fourth-order valence-corrected chi connectivity index (χ4v) is 2.66. The third kappa shape index (κ3) is 3.59. The van der Waals surface area contributed by atoms with E-state index >= 15 is 0 Å². The first-order valence-electron chi connectivity index (χ1n) is 6.63. The Bertz CT molecular complexity index is 397. The van der Waals surface area contributed by atoms with Crippen LogP contribution in [0, 0.1) is 5.82 Å². The van der Waals surface area contributed by atoms with Gasteiger partial charge in [0, 0.05) is 12.6 Å². The van der Waals surface area contributed by atoms with Crippen molar-refractivity contribution in [3.05, 3.63) is 29.0 Å². The molecule has 0 radical (unpaired) electrons. The largest absolute Gasteiger partial charge is 0.381 e. The lowest BCUT2D eigenvalue weighted by molar-refractivity contribution is 0.300. The zero-order valence-electron chi connectivity index (χ0n) is 10.8. The summed E-state index contributed by atoms with van der Waals surface area (Å²) in [5, 5.41) is 3.90. The van der Waals surface area contributed by atoms with Crippen LogP contribution in [0.3, 0.4) is 0 Å². The van der Waals surface area contributed by atoms with E-state index < -0.39 is 0 Å². The van der Waals surface area contributed by atoms with Crippen molar-refractivity contribution in [2.24, 2.45) is 0 Å². The molecular weight excluding hydrogens is 251 g/mol. The number of benzene rings is 1. The van der Waals surface area contributed by atoms with Crippen molar-refractivity contribution in [3.63, 3.8) is 0 Å². The molecular formula is C14H20ClFN2. The molecule has 100 valence electrons. The van der Waals surface area contributed by atoms with Gasteiger partial charge in [-0.25, -0.2) is 4.39 Å². The van der Waals surface area contributed by atoms with Crippen molar-refractivity contribution in [1.29, 1.82) is 0 Å². The highest BCUT2D eigenvalue weighted by molar-refractivity contribution is 6.33. The van der Waals surface area contributed by atoms with Gasteiger partial charge in [-0.15, -0.1) is 0 Å². The van der Waals surface area contributed by atoms with Crippen LogP contribution < -0.4 is 5.32 Å². The zero-order valence-corrected chi connectivity index (χ0v) is 11.5. The fourth-order valence-electron chi connectivity index (χ4n) is 2.44. The Balaban J connectivity index is 1.96. The second-order valence-electron chi connectivity index (χ2n) is 4.83. The van der Waals surface area contributed by atoms with E-state index in [-0.39, 0.29) is 5.82 Å². The molecule has 0 saturated carbocycles. The molecule has 1 aromatic rings. The molecule has 1 N–H and O–H groups in total. The minimum Gasteiger partial charge on any atom is -0.381 e. The van der Waals surface area contributed by atoms with Crippen molar-refractivity contribution in [3.8, 4) is 0 Å². The van der Waals surface area contributed by atoms with E-state index in [9.17, 15) is 4.39 Å². The van der Waals surface area contributed by atoms with Gasteiger partial charge in [0.2, 0.25) is 0 Å². The quantitative estimate of drug-likeness (QED) is 0.900. The van der Waals surface area contributed by atoms with E-state index in [0.29, 0.717) is 11.1 Å². The second kappa shape index (κ2) is 6.39. The number of halogens is 2. The lowest BCUT2D eigenvalue weighted by Crippen LogP contribution is -2.26. The number of anilines is 1. The van der Waals surface area contributed by atoms with Gasteiger partial charge in [-0.05, 0) is 50.6 Å². The normalized spacial score (nSPS) is 21.6. The topological polar surface area (TPSA) is 15.3 Å². The van der Waals surface area contributed by atoms with Crippen molar-refractivity contribution in [1.82, 2.24) is 4.90 Å². The third-order valence-corrected chi connectivity index (χ3v) is 3.87. The van der Waals surface area contributed by atoms with E-state index in [0.717, 1.165) is 31.6 Å². The lowest BCUT2D eigenvalue weighted by Gasteiger charge is -2.19. The fraction of sp³-hybridized carbons (Fsp3) is 0.571. The molecule has 0 spiro atoms. The summed E-state index contributed by atoms with van der Waals surface area (Å²) in [6.07, 6.45) is 3.45. The molecule has 0 aliphatic carbocycles. The Morgan fingerprint density at radius 3 is 2.94 bits per heavy atom. The molecule has 4 heteroatoms. The summed E-state index contributed by atoms with van der Waals surface area (Å²) in [6, 6.07) is 4.96. The van der Waals surface area contributed by atoms with Crippen molar-refractivity contribution >= 4 is 17.3 Å². The minimum absolute atomic E-state index is 0.288. The summed E-state index contributed by atoms with van der Waals surface area (Å²) < 4.78 is 13.0. The van der Waals surface area contributed by atoms with Crippen LogP contribution in [0.5, 0.6) is 0 Å². The summed E-state index contributed by atoms with van der Waals surface area (Å²) in [5.41, 5.74) is 0.841. The molecule has 1 aliphatic rings. The molecule has 18 heavy (non-hydrogen) atoms. The Morgan fingerprint density at radius 1 is 1.39 bits per heavy atom. The van der Waals surface area contributed by atoms with Crippen molar-refractivity contribution in [2.75, 3.05) is 25.0 Å². The zero-order chi connectivity index (χ0) is 13.0. The molecule has 1 unspecified atom stereocenters. The van der Waals surface area contributed by atoms with Crippen LogP contribution in [0.2, 0.25) is 5.02 Å². The molecule has 1 aromatic carbocycles. The van der Waals surface area contributed by atoms with Crippen LogP contribution in [-0.2, 0) is 0 Å². The maximum Gasteiger partial charge on any atom is 0.124 e. The molecule has 1 heterocycles. The van der Waals surface area contributed by atoms with E-state index in [1.54, 1.807) is 6.07 Å². The van der Waals surface area contributed by atoms with Gasteiger partial charge in [-0.1, -0.05) is 18.5 Å². The first-order valence-corrected chi connectivity index (χ1v) is 7.00. The number of rotatable bonds is 3. The molecule has 0 amide bonds. The number of nitrogens with one attached hydrogen (secondary N) is 1. The Kier molecular flexibility index (Phi) is 4.84. The average molecular weight is 271 g/mol. The monoisotopic (exact) mass is 270 g/mol. The predicted molar refractivity (Wildman–Crippen MR) is 74.8 cm³/mol. The number of likely N-dealkylation sites (tertiary alicyclic amines) is 1. The van der Waals surface area contributed by atoms with Crippen molar-refractivity contribution < 1.29 is 4.39 Å². The highest BCUT2D eigenvalue weighted by atomic mass is 35.5. The van der Waals surface area contributed by atoms with Gasteiger partial charge < -0.3 is 10.2 Å². The summed E-state index contributed by atoms with van der Waals surface area (Å²) in [5.74, 6) is -0.288. The van der Waals surface area contributed by atoms with Crippen LogP contribution in [0.1, 0.15) is 26.2 Å². The van der Waals surface area contributed by atoms with Crippen LogP contribution in [0.25, 0.3) is 0 Å². The number of hydrogen-bond donors (Lipinski definition) is 1. The van der Waals surface area contributed by atoms with Gasteiger partial charge in [0.25, 0.3) is 0 Å². The third-order valence-electron chi connectivity index (χ3n) is 3.56. The van der Waals surface area contributed by atoms with Crippen LogP contribution in [0.4, 0.5) is 10.1 Å². The van der Waals surface area contributed by atoms with Crippen LogP contribution in [0.15, 0.2) is 18.2 Å². The van der Waals surface area contributed by atoms with Gasteiger partial charge in [-0.3, -0.25) is 0 Å². The van der Waals surface area contributed by atoms with Gasteiger partial charge in [-0.2, -0.15) is 0 Å². The number of hydrogen-bond acceptors (Lipinski definition) is 2. The smallest absolute Gasteiger partial charge is 0.124 e. The van der Waals surface area contributed by atoms with E-state index in [1.165, 1.54) is 25.1 Å². The van der Waals surface area contributed by atoms with Crippen LogP contribution >= 0.6 is 11.6 Å². The first-order chi connectivity index (χ1) is 8.69. The molecule has 0 bridgehead atoms. The van der Waals surface area contributed by atoms with Crippen LogP contribution in [-0.4, -0.2) is 30.6 Å². The van der Waals surface area contributed by atoms with Crippen molar-refractivity contribution in [2.45, 2.75) is 32.2 Å². The molecule has 1 fully saturated rings.